The monoisotopic (exact) mass is 228 g/mol. The van der Waals surface area contributed by atoms with Crippen LogP contribution < -0.4 is 5.32 Å². The van der Waals surface area contributed by atoms with Gasteiger partial charge < -0.3 is 19.7 Å². The molecule has 0 saturated heterocycles. The van der Waals surface area contributed by atoms with Crippen LogP contribution in [0, 0.1) is 6.92 Å². The van der Waals surface area contributed by atoms with E-state index in [0.29, 0.717) is 19.6 Å². The van der Waals surface area contributed by atoms with Gasteiger partial charge in [0, 0.05) is 31.9 Å². The summed E-state index contributed by atoms with van der Waals surface area (Å²) in [4.78, 5) is 0. The predicted octanol–water partition coefficient (Wildman–Crippen LogP) is 0.860. The summed E-state index contributed by atoms with van der Waals surface area (Å²) in [5.41, 5.74) is 0.619. The van der Waals surface area contributed by atoms with Gasteiger partial charge in [0.2, 0.25) is 0 Å². The van der Waals surface area contributed by atoms with E-state index >= 15 is 0 Å². The number of methoxy groups -OCH3 is 1. The number of aromatic nitrogens is 1. The number of rotatable bonds is 7. The average molecular weight is 228 g/mol. The Morgan fingerprint density at radius 3 is 2.88 bits per heavy atom. The second kappa shape index (κ2) is 5.98. The van der Waals surface area contributed by atoms with Gasteiger partial charge in [-0.2, -0.15) is 0 Å². The number of nitrogens with zero attached hydrogens (tertiary/aromatic N) is 1. The lowest BCUT2D eigenvalue weighted by atomic mass is 9.99. The van der Waals surface area contributed by atoms with Crippen LogP contribution in [-0.2, 0) is 11.3 Å². The molecule has 1 rings (SSSR count). The Kier molecular flexibility index (Phi) is 4.92. The molecule has 0 aliphatic heterocycles. The normalized spacial score (nSPS) is 15.0. The first-order chi connectivity index (χ1) is 7.59. The van der Waals surface area contributed by atoms with E-state index in [0.717, 1.165) is 11.5 Å². The van der Waals surface area contributed by atoms with Gasteiger partial charge in [-0.25, -0.2) is 0 Å². The maximum atomic E-state index is 9.00. The molecule has 0 saturated carbocycles. The molecule has 0 aliphatic rings. The van der Waals surface area contributed by atoms with E-state index in [1.54, 1.807) is 7.11 Å². The summed E-state index contributed by atoms with van der Waals surface area (Å²) in [5, 5.41) is 16.2. The molecular weight excluding hydrogens is 208 g/mol. The van der Waals surface area contributed by atoms with Gasteiger partial charge in [0.15, 0.2) is 0 Å². The molecule has 0 aromatic carbocycles. The number of aliphatic hydroxyl groups excluding tert-OH is 1. The Hall–Kier alpha value is -0.910. The Balaban J connectivity index is 2.49. The van der Waals surface area contributed by atoms with Crippen molar-refractivity contribution < 1.29 is 14.4 Å². The third-order valence-electron chi connectivity index (χ3n) is 2.50. The maximum absolute atomic E-state index is 9.00. The van der Waals surface area contributed by atoms with E-state index in [1.165, 1.54) is 0 Å². The highest BCUT2D eigenvalue weighted by molar-refractivity contribution is 5.03. The molecule has 5 nitrogen and oxygen atoms in total. The van der Waals surface area contributed by atoms with Crippen LogP contribution in [0.4, 0.5) is 0 Å². The van der Waals surface area contributed by atoms with E-state index in [1.807, 2.05) is 19.9 Å². The number of hydrogen-bond acceptors (Lipinski definition) is 5. The standard InChI is InChI=1S/C11H20N2O3/c1-9-6-10(13-16-9)7-12-11(2,4-5-14)8-15-3/h6,12,14H,4-5,7-8H2,1-3H3. The van der Waals surface area contributed by atoms with Gasteiger partial charge >= 0.3 is 0 Å². The second-order valence-corrected chi connectivity index (χ2v) is 4.25. The van der Waals surface area contributed by atoms with Crippen LogP contribution >= 0.6 is 0 Å². The highest BCUT2D eigenvalue weighted by atomic mass is 16.5. The van der Waals surface area contributed by atoms with Crippen molar-refractivity contribution in [2.75, 3.05) is 20.3 Å². The summed E-state index contributed by atoms with van der Waals surface area (Å²) in [7, 11) is 1.65. The zero-order valence-corrected chi connectivity index (χ0v) is 10.1. The Morgan fingerprint density at radius 1 is 1.62 bits per heavy atom. The molecule has 0 radical (unpaired) electrons. The molecule has 1 unspecified atom stereocenters. The lowest BCUT2D eigenvalue weighted by Crippen LogP contribution is -2.46. The third kappa shape index (κ3) is 3.92. The molecule has 0 bridgehead atoms. The Bertz CT molecular complexity index is 306. The molecule has 5 heteroatoms. The van der Waals surface area contributed by atoms with E-state index in [4.69, 9.17) is 14.4 Å². The van der Waals surface area contributed by atoms with Crippen molar-refractivity contribution in [3.05, 3.63) is 17.5 Å². The summed E-state index contributed by atoms with van der Waals surface area (Å²) in [5.74, 6) is 0.799. The van der Waals surface area contributed by atoms with E-state index in [-0.39, 0.29) is 12.1 Å². The van der Waals surface area contributed by atoms with Crippen LogP contribution in [-0.4, -0.2) is 36.1 Å². The zero-order chi connectivity index (χ0) is 12.0. The quantitative estimate of drug-likeness (QED) is 0.724. The van der Waals surface area contributed by atoms with Crippen LogP contribution in [0.3, 0.4) is 0 Å². The van der Waals surface area contributed by atoms with Gasteiger partial charge in [-0.05, 0) is 20.3 Å². The van der Waals surface area contributed by atoms with Crippen molar-refractivity contribution in [1.82, 2.24) is 10.5 Å². The molecule has 0 aliphatic carbocycles. The van der Waals surface area contributed by atoms with Crippen molar-refractivity contribution in [2.24, 2.45) is 0 Å². The number of nitrogens with one attached hydrogen (secondary N) is 1. The highest BCUT2D eigenvalue weighted by Gasteiger charge is 2.23. The first-order valence-electron chi connectivity index (χ1n) is 5.37. The van der Waals surface area contributed by atoms with E-state index in [9.17, 15) is 0 Å². The summed E-state index contributed by atoms with van der Waals surface area (Å²) in [6, 6.07) is 1.89. The van der Waals surface area contributed by atoms with Crippen molar-refractivity contribution in [3.8, 4) is 0 Å². The minimum Gasteiger partial charge on any atom is -0.396 e. The first kappa shape index (κ1) is 13.2. The fourth-order valence-electron chi connectivity index (χ4n) is 1.58. The van der Waals surface area contributed by atoms with E-state index < -0.39 is 0 Å². The molecule has 0 spiro atoms. The average Bonchev–Trinajstić information content (AvgIpc) is 2.62. The first-order valence-corrected chi connectivity index (χ1v) is 5.37. The minimum absolute atomic E-state index is 0.130. The zero-order valence-electron chi connectivity index (χ0n) is 10.1. The SMILES string of the molecule is COCC(C)(CCO)NCc1cc(C)on1. The lowest BCUT2D eigenvalue weighted by molar-refractivity contribution is 0.0965. The smallest absolute Gasteiger partial charge is 0.133 e. The van der Waals surface area contributed by atoms with Crippen LogP contribution in [0.5, 0.6) is 0 Å². The van der Waals surface area contributed by atoms with Gasteiger partial charge in [-0.1, -0.05) is 5.16 Å². The van der Waals surface area contributed by atoms with Crippen LogP contribution in [0.2, 0.25) is 0 Å². The summed E-state index contributed by atoms with van der Waals surface area (Å²) < 4.78 is 10.1. The van der Waals surface area contributed by atoms with Crippen molar-refractivity contribution in [1.29, 1.82) is 0 Å². The Labute approximate surface area is 95.8 Å². The lowest BCUT2D eigenvalue weighted by Gasteiger charge is -2.29. The summed E-state index contributed by atoms with van der Waals surface area (Å²) in [6.07, 6.45) is 0.637. The fourth-order valence-corrected chi connectivity index (χ4v) is 1.58. The molecular formula is C11H20N2O3. The highest BCUT2D eigenvalue weighted by Crippen LogP contribution is 2.11. The predicted molar refractivity (Wildman–Crippen MR) is 60.1 cm³/mol. The molecule has 2 N–H and O–H groups in total. The molecule has 1 aromatic rings. The Morgan fingerprint density at radius 2 is 2.38 bits per heavy atom. The molecule has 16 heavy (non-hydrogen) atoms. The maximum Gasteiger partial charge on any atom is 0.133 e. The fraction of sp³-hybridized carbons (Fsp3) is 0.727. The van der Waals surface area contributed by atoms with Crippen molar-refractivity contribution in [3.63, 3.8) is 0 Å². The van der Waals surface area contributed by atoms with Crippen molar-refractivity contribution in [2.45, 2.75) is 32.4 Å². The van der Waals surface area contributed by atoms with E-state index in [2.05, 4.69) is 10.5 Å². The number of aliphatic hydroxyl groups is 1. The summed E-state index contributed by atoms with van der Waals surface area (Å²) in [6.45, 7) is 5.16. The number of aryl methyl sites for hydroxylation is 1. The van der Waals surface area contributed by atoms with Gasteiger partial charge in [0.25, 0.3) is 0 Å². The van der Waals surface area contributed by atoms with Crippen LogP contribution in [0.1, 0.15) is 24.8 Å². The van der Waals surface area contributed by atoms with Crippen molar-refractivity contribution >= 4 is 0 Å². The van der Waals surface area contributed by atoms with Crippen LogP contribution in [0.15, 0.2) is 10.6 Å². The summed E-state index contributed by atoms with van der Waals surface area (Å²) >= 11 is 0. The molecule has 1 atom stereocenters. The number of ether oxygens (including phenoxy) is 1. The van der Waals surface area contributed by atoms with Crippen LogP contribution in [0.25, 0.3) is 0 Å². The molecule has 92 valence electrons. The largest absolute Gasteiger partial charge is 0.396 e. The molecule has 1 aromatic heterocycles. The third-order valence-corrected chi connectivity index (χ3v) is 2.50. The molecule has 1 heterocycles. The topological polar surface area (TPSA) is 67.5 Å². The molecule has 0 fully saturated rings. The minimum atomic E-state index is -0.240. The van der Waals surface area contributed by atoms with Gasteiger partial charge in [-0.15, -0.1) is 0 Å². The molecule has 0 amide bonds. The number of hydrogen-bond donors (Lipinski definition) is 2. The van der Waals surface area contributed by atoms with Gasteiger partial charge in [0.1, 0.15) is 5.76 Å². The van der Waals surface area contributed by atoms with Gasteiger partial charge in [-0.3, -0.25) is 0 Å². The van der Waals surface area contributed by atoms with Gasteiger partial charge in [0.05, 0.1) is 12.3 Å². The second-order valence-electron chi connectivity index (χ2n) is 4.25.